The maximum absolute atomic E-state index is 12.0. The molecule has 0 saturated carbocycles. The summed E-state index contributed by atoms with van der Waals surface area (Å²) in [5, 5.41) is 12.3. The highest BCUT2D eigenvalue weighted by Crippen LogP contribution is 2.35. The van der Waals surface area contributed by atoms with Crippen molar-refractivity contribution in [1.82, 2.24) is 0 Å². The van der Waals surface area contributed by atoms with Crippen molar-refractivity contribution in [2.75, 3.05) is 5.32 Å². The van der Waals surface area contributed by atoms with Gasteiger partial charge in [-0.25, -0.2) is 0 Å². The molecule has 0 radical (unpaired) electrons. The molecule has 0 aliphatic heterocycles. The standard InChI is InChI=1S/C13H11Cl2NO2S/c1-6-3-11(19-7(6)2)13(18)16-8-4-9(14)12(17)10(15)5-8/h3-5,17H,1-2H3,(H,16,18). The molecule has 0 fully saturated rings. The molecule has 2 aromatic rings. The van der Waals surface area contributed by atoms with E-state index in [-0.39, 0.29) is 21.7 Å². The number of phenols is 1. The van der Waals surface area contributed by atoms with Gasteiger partial charge in [0.25, 0.3) is 5.91 Å². The van der Waals surface area contributed by atoms with E-state index in [0.717, 1.165) is 10.4 Å². The highest BCUT2D eigenvalue weighted by atomic mass is 35.5. The molecule has 0 aliphatic rings. The van der Waals surface area contributed by atoms with Crippen LogP contribution in [0.2, 0.25) is 10.0 Å². The first-order chi connectivity index (χ1) is 8.88. The highest BCUT2D eigenvalue weighted by molar-refractivity contribution is 7.14. The van der Waals surface area contributed by atoms with Crippen LogP contribution < -0.4 is 5.32 Å². The molecular weight excluding hydrogens is 305 g/mol. The molecule has 6 heteroatoms. The summed E-state index contributed by atoms with van der Waals surface area (Å²) >= 11 is 13.0. The minimum Gasteiger partial charge on any atom is -0.505 e. The molecule has 0 bridgehead atoms. The van der Waals surface area contributed by atoms with Crippen molar-refractivity contribution < 1.29 is 9.90 Å². The van der Waals surface area contributed by atoms with Crippen LogP contribution in [0.3, 0.4) is 0 Å². The van der Waals surface area contributed by atoms with Gasteiger partial charge >= 0.3 is 0 Å². The molecule has 0 atom stereocenters. The van der Waals surface area contributed by atoms with Gasteiger partial charge < -0.3 is 10.4 Å². The van der Waals surface area contributed by atoms with Crippen LogP contribution in [0.25, 0.3) is 0 Å². The van der Waals surface area contributed by atoms with E-state index in [1.165, 1.54) is 23.5 Å². The van der Waals surface area contributed by atoms with Crippen molar-refractivity contribution >= 4 is 46.1 Å². The van der Waals surface area contributed by atoms with Gasteiger partial charge in [-0.1, -0.05) is 23.2 Å². The fraction of sp³-hybridized carbons (Fsp3) is 0.154. The summed E-state index contributed by atoms with van der Waals surface area (Å²) in [6.07, 6.45) is 0. The van der Waals surface area contributed by atoms with Crippen LogP contribution in [-0.4, -0.2) is 11.0 Å². The van der Waals surface area contributed by atoms with Gasteiger partial charge in [0.1, 0.15) is 0 Å². The summed E-state index contributed by atoms with van der Waals surface area (Å²) in [6, 6.07) is 4.74. The lowest BCUT2D eigenvalue weighted by Crippen LogP contribution is -2.10. The third-order valence-electron chi connectivity index (χ3n) is 2.66. The number of hydrogen-bond donors (Lipinski definition) is 2. The fourth-order valence-electron chi connectivity index (χ4n) is 1.52. The lowest BCUT2D eigenvalue weighted by Gasteiger charge is -2.06. The van der Waals surface area contributed by atoms with Crippen molar-refractivity contribution in [3.05, 3.63) is 43.6 Å². The Bertz CT molecular complexity index is 610. The number of carbonyl (C=O) groups excluding carboxylic acids is 1. The minimum atomic E-state index is -0.223. The molecule has 0 unspecified atom stereocenters. The summed E-state index contributed by atoms with van der Waals surface area (Å²) in [6.45, 7) is 3.92. The number of phenolic OH excluding ortho intramolecular Hbond substituents is 1. The van der Waals surface area contributed by atoms with Crippen LogP contribution in [0.5, 0.6) is 5.75 Å². The average molecular weight is 316 g/mol. The lowest BCUT2D eigenvalue weighted by molar-refractivity contribution is 0.103. The second-order valence-corrected chi connectivity index (χ2v) is 6.16. The smallest absolute Gasteiger partial charge is 0.265 e. The zero-order valence-electron chi connectivity index (χ0n) is 10.3. The van der Waals surface area contributed by atoms with E-state index in [1.807, 2.05) is 19.9 Å². The third-order valence-corrected chi connectivity index (χ3v) is 4.39. The van der Waals surface area contributed by atoms with Gasteiger partial charge in [0.05, 0.1) is 14.9 Å². The number of nitrogens with one attached hydrogen (secondary N) is 1. The number of hydrogen-bond acceptors (Lipinski definition) is 3. The van der Waals surface area contributed by atoms with Gasteiger partial charge in [-0.05, 0) is 37.6 Å². The summed E-state index contributed by atoms with van der Waals surface area (Å²) in [5.74, 6) is -0.414. The van der Waals surface area contributed by atoms with Crippen LogP contribution in [0.1, 0.15) is 20.1 Å². The zero-order chi connectivity index (χ0) is 14.2. The van der Waals surface area contributed by atoms with Crippen molar-refractivity contribution in [3.8, 4) is 5.75 Å². The lowest BCUT2D eigenvalue weighted by atomic mass is 10.2. The van der Waals surface area contributed by atoms with E-state index in [0.29, 0.717) is 10.6 Å². The van der Waals surface area contributed by atoms with E-state index in [4.69, 9.17) is 23.2 Å². The number of rotatable bonds is 2. The van der Waals surface area contributed by atoms with E-state index >= 15 is 0 Å². The summed E-state index contributed by atoms with van der Waals surface area (Å²) in [4.78, 5) is 13.8. The van der Waals surface area contributed by atoms with Crippen LogP contribution >= 0.6 is 34.5 Å². The Morgan fingerprint density at radius 3 is 2.26 bits per heavy atom. The van der Waals surface area contributed by atoms with Crippen molar-refractivity contribution in [2.45, 2.75) is 13.8 Å². The topological polar surface area (TPSA) is 49.3 Å². The van der Waals surface area contributed by atoms with Crippen LogP contribution in [0.4, 0.5) is 5.69 Å². The summed E-state index contributed by atoms with van der Waals surface area (Å²) in [7, 11) is 0. The molecule has 0 saturated heterocycles. The predicted molar refractivity (Wildman–Crippen MR) is 79.9 cm³/mol. The molecule has 1 aromatic carbocycles. The highest BCUT2D eigenvalue weighted by Gasteiger charge is 2.13. The summed E-state index contributed by atoms with van der Waals surface area (Å²) in [5.41, 5.74) is 1.53. The number of benzene rings is 1. The molecule has 100 valence electrons. The Morgan fingerprint density at radius 2 is 1.79 bits per heavy atom. The van der Waals surface area contributed by atoms with Crippen molar-refractivity contribution in [2.24, 2.45) is 0 Å². The van der Waals surface area contributed by atoms with Gasteiger partial charge in [-0.2, -0.15) is 0 Å². The number of amides is 1. The minimum absolute atomic E-state index is 0.0985. The van der Waals surface area contributed by atoms with E-state index in [9.17, 15) is 9.90 Å². The number of carbonyl (C=O) groups is 1. The molecule has 2 N–H and O–H groups in total. The Balaban J connectivity index is 2.24. The van der Waals surface area contributed by atoms with Crippen LogP contribution in [0, 0.1) is 13.8 Å². The maximum Gasteiger partial charge on any atom is 0.265 e. The maximum atomic E-state index is 12.0. The average Bonchev–Trinajstić information content (AvgIpc) is 2.66. The molecular formula is C13H11Cl2NO2S. The first kappa shape index (κ1) is 14.2. The molecule has 1 amide bonds. The largest absolute Gasteiger partial charge is 0.505 e. The monoisotopic (exact) mass is 315 g/mol. The molecule has 0 spiro atoms. The first-order valence-corrected chi connectivity index (χ1v) is 7.02. The quantitative estimate of drug-likeness (QED) is 0.794. The second-order valence-electron chi connectivity index (χ2n) is 4.09. The Kier molecular flexibility index (Phi) is 4.04. The SMILES string of the molecule is Cc1cc(C(=O)Nc2cc(Cl)c(O)c(Cl)c2)sc1C. The van der Waals surface area contributed by atoms with Crippen LogP contribution in [0.15, 0.2) is 18.2 Å². The molecule has 0 aliphatic carbocycles. The molecule has 1 heterocycles. The van der Waals surface area contributed by atoms with Gasteiger partial charge in [0.15, 0.2) is 5.75 Å². The Labute approximate surface area is 124 Å². The Morgan fingerprint density at radius 1 is 1.21 bits per heavy atom. The normalized spacial score (nSPS) is 10.5. The number of aryl methyl sites for hydroxylation is 2. The summed E-state index contributed by atoms with van der Waals surface area (Å²) < 4.78 is 0. The number of halogens is 2. The van der Waals surface area contributed by atoms with Crippen molar-refractivity contribution in [3.63, 3.8) is 0 Å². The molecule has 3 nitrogen and oxygen atoms in total. The zero-order valence-corrected chi connectivity index (χ0v) is 12.6. The predicted octanol–water partition coefficient (Wildman–Crippen LogP) is 4.63. The third kappa shape index (κ3) is 3.03. The van der Waals surface area contributed by atoms with Crippen LogP contribution in [-0.2, 0) is 0 Å². The first-order valence-electron chi connectivity index (χ1n) is 5.45. The van der Waals surface area contributed by atoms with Gasteiger partial charge in [0, 0.05) is 10.6 Å². The number of anilines is 1. The Hall–Kier alpha value is -1.23. The van der Waals surface area contributed by atoms with Gasteiger partial charge in [-0.3, -0.25) is 4.79 Å². The van der Waals surface area contributed by atoms with E-state index in [2.05, 4.69) is 5.32 Å². The molecule has 19 heavy (non-hydrogen) atoms. The second kappa shape index (κ2) is 5.41. The molecule has 1 aromatic heterocycles. The van der Waals surface area contributed by atoms with Crippen molar-refractivity contribution in [1.29, 1.82) is 0 Å². The number of thiophene rings is 1. The number of aromatic hydroxyl groups is 1. The van der Waals surface area contributed by atoms with E-state index in [1.54, 1.807) is 0 Å². The van der Waals surface area contributed by atoms with Gasteiger partial charge in [-0.15, -0.1) is 11.3 Å². The van der Waals surface area contributed by atoms with Gasteiger partial charge in [0.2, 0.25) is 0 Å². The molecule has 2 rings (SSSR count). The van der Waals surface area contributed by atoms with E-state index < -0.39 is 0 Å². The fourth-order valence-corrected chi connectivity index (χ4v) is 2.93.